The number of hydrogen-bond donors (Lipinski definition) is 3. The number of nitrogens with one attached hydrogen (secondary N) is 1. The van der Waals surface area contributed by atoms with Gasteiger partial charge in [0.2, 0.25) is 0 Å². The van der Waals surface area contributed by atoms with Gasteiger partial charge < -0.3 is 15.5 Å². The zero-order valence-electron chi connectivity index (χ0n) is 14.1. The number of benzene rings is 2. The van der Waals surface area contributed by atoms with Crippen LogP contribution in [0.1, 0.15) is 27.9 Å². The summed E-state index contributed by atoms with van der Waals surface area (Å²) in [5.41, 5.74) is 0.561. The van der Waals surface area contributed by atoms with Crippen molar-refractivity contribution in [3.8, 4) is 0 Å². The van der Waals surface area contributed by atoms with E-state index in [0.29, 0.717) is 34.3 Å². The Morgan fingerprint density at radius 2 is 1.89 bits per heavy atom. The Bertz CT molecular complexity index is 1100. The molecule has 1 atom stereocenters. The van der Waals surface area contributed by atoms with E-state index in [1.54, 1.807) is 30.3 Å². The first kappa shape index (κ1) is 17.3. The number of carboxylic acids is 2. The third kappa shape index (κ3) is 2.78. The number of aliphatic carboxylic acids is 1. The number of hydrogen-bond acceptors (Lipinski definition) is 4. The van der Waals surface area contributed by atoms with Crippen LogP contribution in [0.25, 0.3) is 10.9 Å². The second kappa shape index (κ2) is 6.25. The Morgan fingerprint density at radius 1 is 1.11 bits per heavy atom. The van der Waals surface area contributed by atoms with Gasteiger partial charge in [0.05, 0.1) is 5.52 Å². The molecule has 0 aliphatic heterocycles. The minimum atomic E-state index is -1.42. The highest BCUT2D eigenvalue weighted by Crippen LogP contribution is 2.40. The molecule has 27 heavy (non-hydrogen) atoms. The molecule has 0 bridgehead atoms. The van der Waals surface area contributed by atoms with E-state index in [4.69, 9.17) is 11.6 Å². The van der Waals surface area contributed by atoms with Crippen LogP contribution in [-0.4, -0.2) is 27.1 Å². The predicted molar refractivity (Wildman–Crippen MR) is 101 cm³/mol. The molecule has 1 aliphatic rings. The largest absolute Gasteiger partial charge is 0.479 e. The molecule has 0 fully saturated rings. The number of carboxylic acid groups (broad SMARTS) is 2. The zero-order valence-corrected chi connectivity index (χ0v) is 14.8. The Morgan fingerprint density at radius 3 is 2.63 bits per heavy atom. The minimum absolute atomic E-state index is 0.0245. The summed E-state index contributed by atoms with van der Waals surface area (Å²) in [4.78, 5) is 28.4. The molecule has 3 N–H and O–H groups in total. The molecule has 0 radical (unpaired) electrons. The number of nitrogens with zero attached hydrogens (tertiary/aromatic N) is 1. The van der Waals surface area contributed by atoms with Crippen LogP contribution in [0, 0.1) is 0 Å². The first-order chi connectivity index (χ1) is 12.9. The summed E-state index contributed by atoms with van der Waals surface area (Å²) in [5.74, 6) is -2.24. The maximum atomic E-state index is 12.2. The maximum Gasteiger partial charge on any atom is 0.339 e. The topological polar surface area (TPSA) is 99.5 Å². The Hall–Kier alpha value is -3.12. The second-order valence-corrected chi connectivity index (χ2v) is 6.96. The van der Waals surface area contributed by atoms with Crippen molar-refractivity contribution in [3.63, 3.8) is 0 Å². The van der Waals surface area contributed by atoms with Crippen LogP contribution < -0.4 is 5.32 Å². The van der Waals surface area contributed by atoms with E-state index in [-0.39, 0.29) is 11.4 Å². The van der Waals surface area contributed by atoms with Crippen LogP contribution in [0.5, 0.6) is 0 Å². The Kier molecular flexibility index (Phi) is 4.00. The van der Waals surface area contributed by atoms with Crippen molar-refractivity contribution in [1.82, 2.24) is 4.98 Å². The quantitative estimate of drug-likeness (QED) is 0.632. The summed E-state index contributed by atoms with van der Waals surface area (Å²) in [6.07, 6.45) is 0.891. The van der Waals surface area contributed by atoms with E-state index < -0.39 is 17.5 Å². The van der Waals surface area contributed by atoms with Gasteiger partial charge in [-0.2, -0.15) is 0 Å². The lowest BCUT2D eigenvalue weighted by molar-refractivity contribution is -0.142. The molecule has 1 aliphatic carbocycles. The highest BCUT2D eigenvalue weighted by molar-refractivity contribution is 6.31. The third-order valence-electron chi connectivity index (χ3n) is 4.95. The summed E-state index contributed by atoms with van der Waals surface area (Å²) in [5, 5.41) is 23.6. The van der Waals surface area contributed by atoms with Crippen LogP contribution in [0.4, 0.5) is 5.82 Å². The number of anilines is 1. The van der Waals surface area contributed by atoms with Gasteiger partial charge in [-0.15, -0.1) is 0 Å². The van der Waals surface area contributed by atoms with E-state index in [9.17, 15) is 19.8 Å². The fraction of sp³-hybridized carbons (Fsp3) is 0.150. The number of fused-ring (bicyclic) bond motifs is 2. The van der Waals surface area contributed by atoms with Crippen molar-refractivity contribution in [2.45, 2.75) is 18.4 Å². The molecular weight excluding hydrogens is 368 g/mol. The van der Waals surface area contributed by atoms with E-state index in [1.807, 2.05) is 12.1 Å². The molecule has 0 saturated carbocycles. The molecule has 1 unspecified atom stereocenters. The number of halogens is 1. The minimum Gasteiger partial charge on any atom is -0.479 e. The second-order valence-electron chi connectivity index (χ2n) is 6.52. The van der Waals surface area contributed by atoms with E-state index in [2.05, 4.69) is 10.3 Å². The van der Waals surface area contributed by atoms with Crippen LogP contribution in [0.3, 0.4) is 0 Å². The molecule has 4 rings (SSSR count). The van der Waals surface area contributed by atoms with Crippen molar-refractivity contribution in [1.29, 1.82) is 0 Å². The van der Waals surface area contributed by atoms with Crippen molar-refractivity contribution in [2.75, 3.05) is 5.32 Å². The average Bonchev–Trinajstić information content (AvgIpc) is 3.01. The summed E-state index contributed by atoms with van der Waals surface area (Å²) < 4.78 is 0. The van der Waals surface area contributed by atoms with Crippen LogP contribution >= 0.6 is 11.6 Å². The van der Waals surface area contributed by atoms with Gasteiger partial charge in [-0.3, -0.25) is 0 Å². The molecule has 3 aromatic rings. The Labute approximate surface area is 159 Å². The SMILES string of the molecule is O=C(O)c1cc2cc(Cl)ccc2nc1NC1(C(=O)O)CCc2ccccc21. The monoisotopic (exact) mass is 382 g/mol. The fourth-order valence-corrected chi connectivity index (χ4v) is 3.81. The lowest BCUT2D eigenvalue weighted by atomic mass is 9.91. The van der Waals surface area contributed by atoms with Crippen molar-refractivity contribution < 1.29 is 19.8 Å². The van der Waals surface area contributed by atoms with Gasteiger partial charge in [-0.25, -0.2) is 14.6 Å². The number of carbonyl (C=O) groups is 2. The average molecular weight is 383 g/mol. The van der Waals surface area contributed by atoms with Gasteiger partial charge in [-0.1, -0.05) is 35.9 Å². The normalized spacial score (nSPS) is 18.3. The fourth-order valence-electron chi connectivity index (χ4n) is 3.62. The van der Waals surface area contributed by atoms with Gasteiger partial charge in [-0.05, 0) is 48.2 Å². The molecule has 1 heterocycles. The van der Waals surface area contributed by atoms with Gasteiger partial charge in [0.15, 0.2) is 5.54 Å². The summed E-state index contributed by atoms with van der Waals surface area (Å²) >= 11 is 5.98. The smallest absolute Gasteiger partial charge is 0.339 e. The van der Waals surface area contributed by atoms with E-state index in [1.165, 1.54) is 6.07 Å². The summed E-state index contributed by atoms with van der Waals surface area (Å²) in [7, 11) is 0. The van der Waals surface area contributed by atoms with Gasteiger partial charge in [0, 0.05) is 10.4 Å². The number of rotatable bonds is 4. The van der Waals surface area contributed by atoms with E-state index >= 15 is 0 Å². The number of aromatic nitrogens is 1. The number of aromatic carboxylic acids is 1. The van der Waals surface area contributed by atoms with Crippen molar-refractivity contribution in [2.24, 2.45) is 0 Å². The van der Waals surface area contributed by atoms with Gasteiger partial charge in [0.1, 0.15) is 11.4 Å². The summed E-state index contributed by atoms with van der Waals surface area (Å²) in [6.45, 7) is 0. The molecule has 2 aromatic carbocycles. The number of pyridine rings is 1. The third-order valence-corrected chi connectivity index (χ3v) is 5.19. The molecule has 0 spiro atoms. The molecule has 1 aromatic heterocycles. The molecule has 136 valence electrons. The lowest BCUT2D eigenvalue weighted by Crippen LogP contribution is -2.42. The maximum absolute atomic E-state index is 12.2. The van der Waals surface area contributed by atoms with Gasteiger partial charge >= 0.3 is 11.9 Å². The van der Waals surface area contributed by atoms with Crippen LogP contribution in [-0.2, 0) is 16.8 Å². The van der Waals surface area contributed by atoms with Crippen LogP contribution in [0.15, 0.2) is 48.5 Å². The highest BCUT2D eigenvalue weighted by atomic mass is 35.5. The standard InChI is InChI=1S/C20H15ClN2O4/c21-13-5-6-16-12(9-13)10-14(18(24)25)17(22-16)23-20(19(26)27)8-7-11-3-1-2-4-15(11)20/h1-6,9-10H,7-8H2,(H,22,23)(H,24,25)(H,26,27). The van der Waals surface area contributed by atoms with E-state index in [0.717, 1.165) is 5.56 Å². The first-order valence-electron chi connectivity index (χ1n) is 8.34. The van der Waals surface area contributed by atoms with Crippen molar-refractivity contribution >= 4 is 40.3 Å². The van der Waals surface area contributed by atoms with Crippen LogP contribution in [0.2, 0.25) is 5.02 Å². The molecule has 0 saturated heterocycles. The highest BCUT2D eigenvalue weighted by Gasteiger charge is 2.46. The zero-order chi connectivity index (χ0) is 19.2. The molecule has 6 nitrogen and oxygen atoms in total. The molecular formula is C20H15ClN2O4. The molecule has 0 amide bonds. The first-order valence-corrected chi connectivity index (χ1v) is 8.72. The van der Waals surface area contributed by atoms with Gasteiger partial charge in [0.25, 0.3) is 0 Å². The number of aryl methyl sites for hydroxylation is 1. The molecule has 7 heteroatoms. The summed E-state index contributed by atoms with van der Waals surface area (Å²) in [6, 6.07) is 13.7. The predicted octanol–water partition coefficient (Wildman–Crippen LogP) is 3.92. The lowest BCUT2D eigenvalue weighted by Gasteiger charge is -2.28. The van der Waals surface area contributed by atoms with Crippen molar-refractivity contribution in [3.05, 3.63) is 70.2 Å². The Balaban J connectivity index is 1.89.